The van der Waals surface area contributed by atoms with E-state index in [1.165, 1.54) is 11.3 Å². The maximum Gasteiger partial charge on any atom is 0.135 e. The number of rotatable bonds is 6. The highest BCUT2D eigenvalue weighted by Crippen LogP contribution is 2.19. The molecule has 4 nitrogen and oxygen atoms in total. The van der Waals surface area contributed by atoms with E-state index >= 15 is 0 Å². The molecule has 2 aromatic rings. The van der Waals surface area contributed by atoms with E-state index in [2.05, 4.69) is 4.98 Å². The summed E-state index contributed by atoms with van der Waals surface area (Å²) in [5.41, 5.74) is 6.46. The molecule has 2 rings (SSSR count). The molecule has 19 heavy (non-hydrogen) atoms. The molecule has 1 aromatic carbocycles. The first-order chi connectivity index (χ1) is 9.20. The Morgan fingerprint density at radius 2 is 2.11 bits per heavy atom. The highest BCUT2D eigenvalue weighted by Gasteiger charge is 2.11. The zero-order valence-electron chi connectivity index (χ0n) is 10.8. The summed E-state index contributed by atoms with van der Waals surface area (Å²) in [5.74, 6) is 0.964. The number of amidine groups is 1. The van der Waals surface area contributed by atoms with Crippen LogP contribution in [-0.4, -0.2) is 17.4 Å². The minimum absolute atomic E-state index is 0.101. The number of nitrogen functional groups attached to an aromatic ring is 1. The molecule has 0 aliphatic carbocycles. The number of hydrogen-bond donors (Lipinski definition) is 2. The second-order valence-electron chi connectivity index (χ2n) is 4.06. The second kappa shape index (κ2) is 6.33. The van der Waals surface area contributed by atoms with E-state index in [0.717, 1.165) is 34.2 Å². The molecule has 0 saturated heterocycles. The molecule has 0 fully saturated rings. The van der Waals surface area contributed by atoms with Crippen molar-refractivity contribution in [1.29, 1.82) is 5.41 Å². The van der Waals surface area contributed by atoms with Gasteiger partial charge in [0.2, 0.25) is 0 Å². The number of ether oxygens (including phenoxy) is 1. The molecule has 0 unspecified atom stereocenters. The van der Waals surface area contributed by atoms with Gasteiger partial charge in [-0.2, -0.15) is 0 Å². The van der Waals surface area contributed by atoms with E-state index in [0.29, 0.717) is 6.61 Å². The normalized spacial score (nSPS) is 10.4. The molecule has 100 valence electrons. The molecule has 1 aromatic heterocycles. The lowest BCUT2D eigenvalue weighted by Crippen LogP contribution is -2.11. The summed E-state index contributed by atoms with van der Waals surface area (Å²) in [6.07, 6.45) is 1.53. The standard InChI is InChI=1S/C14H17N3OS/c1-2-11-13(14(15)16)19-12(17-11)8-9-18-10-6-4-3-5-7-10/h3-7H,2,8-9H2,1H3,(H3,15,16). The number of hydrogen-bond acceptors (Lipinski definition) is 4. The van der Waals surface area contributed by atoms with Crippen molar-refractivity contribution < 1.29 is 4.74 Å². The van der Waals surface area contributed by atoms with Crippen molar-refractivity contribution >= 4 is 17.2 Å². The zero-order valence-corrected chi connectivity index (χ0v) is 11.7. The van der Waals surface area contributed by atoms with Crippen molar-refractivity contribution in [2.45, 2.75) is 19.8 Å². The van der Waals surface area contributed by atoms with Gasteiger partial charge in [0, 0.05) is 6.42 Å². The molecule has 0 aliphatic heterocycles. The van der Waals surface area contributed by atoms with Crippen molar-refractivity contribution in [3.05, 3.63) is 45.9 Å². The Morgan fingerprint density at radius 1 is 1.37 bits per heavy atom. The molecule has 0 saturated carbocycles. The van der Waals surface area contributed by atoms with Gasteiger partial charge in [0.15, 0.2) is 0 Å². The number of aromatic nitrogens is 1. The number of nitrogens with one attached hydrogen (secondary N) is 1. The minimum atomic E-state index is 0.101. The Bertz CT molecular complexity index is 551. The molecule has 0 aliphatic rings. The quantitative estimate of drug-likeness (QED) is 0.628. The summed E-state index contributed by atoms with van der Waals surface area (Å²) in [6, 6.07) is 9.71. The maximum absolute atomic E-state index is 7.52. The van der Waals surface area contributed by atoms with Crippen LogP contribution in [0, 0.1) is 5.41 Å². The third kappa shape index (κ3) is 3.54. The van der Waals surface area contributed by atoms with Crippen molar-refractivity contribution in [3.63, 3.8) is 0 Å². The maximum atomic E-state index is 7.52. The van der Waals surface area contributed by atoms with Crippen molar-refractivity contribution in [2.75, 3.05) is 6.61 Å². The Kier molecular flexibility index (Phi) is 4.52. The minimum Gasteiger partial charge on any atom is -0.493 e. The highest BCUT2D eigenvalue weighted by atomic mass is 32.1. The van der Waals surface area contributed by atoms with Crippen molar-refractivity contribution in [3.8, 4) is 5.75 Å². The summed E-state index contributed by atoms with van der Waals surface area (Å²) in [5, 5.41) is 8.49. The van der Waals surface area contributed by atoms with E-state index in [4.69, 9.17) is 15.9 Å². The summed E-state index contributed by atoms with van der Waals surface area (Å²) in [6.45, 7) is 2.60. The van der Waals surface area contributed by atoms with Crippen LogP contribution in [-0.2, 0) is 12.8 Å². The van der Waals surface area contributed by atoms with Gasteiger partial charge in [-0.25, -0.2) is 4.98 Å². The predicted molar refractivity (Wildman–Crippen MR) is 78.1 cm³/mol. The molecule has 0 spiro atoms. The van der Waals surface area contributed by atoms with Gasteiger partial charge in [-0.1, -0.05) is 25.1 Å². The Labute approximate surface area is 116 Å². The lowest BCUT2D eigenvalue weighted by Gasteiger charge is -2.03. The van der Waals surface area contributed by atoms with Crippen LogP contribution in [0.2, 0.25) is 0 Å². The summed E-state index contributed by atoms with van der Waals surface area (Å²) in [4.78, 5) is 5.29. The SMILES string of the molecule is CCc1nc(CCOc2ccccc2)sc1C(=N)N. The van der Waals surface area contributed by atoms with Gasteiger partial charge >= 0.3 is 0 Å². The van der Waals surface area contributed by atoms with Crippen molar-refractivity contribution in [1.82, 2.24) is 4.98 Å². The fourth-order valence-electron chi connectivity index (χ4n) is 1.73. The molecule has 5 heteroatoms. The molecule has 0 radical (unpaired) electrons. The van der Waals surface area contributed by atoms with Crippen LogP contribution in [0.15, 0.2) is 30.3 Å². The van der Waals surface area contributed by atoms with Crippen LogP contribution in [0.4, 0.5) is 0 Å². The third-order valence-corrected chi connectivity index (χ3v) is 3.84. The molecule has 0 bridgehead atoms. The van der Waals surface area contributed by atoms with Crippen LogP contribution in [0.25, 0.3) is 0 Å². The topological polar surface area (TPSA) is 72.0 Å². The first-order valence-electron chi connectivity index (χ1n) is 6.21. The Morgan fingerprint density at radius 3 is 2.68 bits per heavy atom. The van der Waals surface area contributed by atoms with E-state index < -0.39 is 0 Å². The lowest BCUT2D eigenvalue weighted by molar-refractivity contribution is 0.321. The summed E-state index contributed by atoms with van der Waals surface area (Å²) >= 11 is 1.49. The largest absolute Gasteiger partial charge is 0.493 e. The number of para-hydroxylation sites is 1. The molecular formula is C14H17N3OS. The first kappa shape index (κ1) is 13.5. The first-order valence-corrected chi connectivity index (χ1v) is 7.03. The van der Waals surface area contributed by atoms with E-state index in [-0.39, 0.29) is 5.84 Å². The number of benzene rings is 1. The summed E-state index contributed by atoms with van der Waals surface area (Å²) in [7, 11) is 0. The van der Waals surface area contributed by atoms with E-state index in [1.807, 2.05) is 37.3 Å². The second-order valence-corrected chi connectivity index (χ2v) is 5.15. The van der Waals surface area contributed by atoms with E-state index in [9.17, 15) is 0 Å². The zero-order chi connectivity index (χ0) is 13.7. The highest BCUT2D eigenvalue weighted by molar-refractivity contribution is 7.13. The number of nitrogens with two attached hydrogens (primary N) is 1. The lowest BCUT2D eigenvalue weighted by atomic mass is 10.3. The fourth-order valence-corrected chi connectivity index (χ4v) is 2.73. The smallest absolute Gasteiger partial charge is 0.135 e. The van der Waals surface area contributed by atoms with Gasteiger partial charge in [0.25, 0.3) is 0 Å². The monoisotopic (exact) mass is 275 g/mol. The van der Waals surface area contributed by atoms with Gasteiger partial charge in [-0.3, -0.25) is 5.41 Å². The van der Waals surface area contributed by atoms with Gasteiger partial charge < -0.3 is 10.5 Å². The Hall–Kier alpha value is -1.88. The van der Waals surface area contributed by atoms with Crippen LogP contribution < -0.4 is 10.5 Å². The van der Waals surface area contributed by atoms with Crippen LogP contribution in [0.1, 0.15) is 22.5 Å². The number of nitrogens with zero attached hydrogens (tertiary/aromatic N) is 1. The van der Waals surface area contributed by atoms with E-state index in [1.54, 1.807) is 0 Å². The molecular weight excluding hydrogens is 258 g/mol. The van der Waals surface area contributed by atoms with Gasteiger partial charge in [-0.05, 0) is 18.6 Å². The van der Waals surface area contributed by atoms with Gasteiger partial charge in [-0.15, -0.1) is 11.3 Å². The van der Waals surface area contributed by atoms with Crippen LogP contribution in [0.3, 0.4) is 0 Å². The molecule has 0 atom stereocenters. The molecule has 1 heterocycles. The van der Waals surface area contributed by atoms with Crippen LogP contribution >= 0.6 is 11.3 Å². The van der Waals surface area contributed by atoms with Gasteiger partial charge in [0.1, 0.15) is 11.6 Å². The molecule has 0 amide bonds. The average molecular weight is 275 g/mol. The number of aryl methyl sites for hydroxylation is 1. The fraction of sp³-hybridized carbons (Fsp3) is 0.286. The van der Waals surface area contributed by atoms with Crippen LogP contribution in [0.5, 0.6) is 5.75 Å². The predicted octanol–water partition coefficient (Wildman–Crippen LogP) is 2.61. The molecule has 3 N–H and O–H groups in total. The van der Waals surface area contributed by atoms with Gasteiger partial charge in [0.05, 0.1) is 22.2 Å². The summed E-state index contributed by atoms with van der Waals surface area (Å²) < 4.78 is 5.63. The number of thiazole rings is 1. The average Bonchev–Trinajstić information content (AvgIpc) is 2.83. The Balaban J connectivity index is 1.95. The third-order valence-electron chi connectivity index (χ3n) is 2.65. The van der Waals surface area contributed by atoms with Crippen molar-refractivity contribution in [2.24, 2.45) is 5.73 Å².